The lowest BCUT2D eigenvalue weighted by Crippen LogP contribution is -2.22. The first-order chi connectivity index (χ1) is 11.7. The van der Waals surface area contributed by atoms with Crippen molar-refractivity contribution >= 4 is 27.0 Å². The molecule has 0 saturated heterocycles. The van der Waals surface area contributed by atoms with Crippen LogP contribution in [0.1, 0.15) is 0 Å². The molecule has 0 atom stereocenters. The molecule has 3 nitrogen and oxygen atoms in total. The van der Waals surface area contributed by atoms with Gasteiger partial charge in [0.25, 0.3) is 5.56 Å². The number of para-hydroxylation sites is 2. The second kappa shape index (κ2) is 6.06. The first-order valence-electron chi connectivity index (χ1n) is 7.57. The van der Waals surface area contributed by atoms with E-state index in [0.29, 0.717) is 5.69 Å². The second-order valence-corrected chi connectivity index (χ2v) is 6.35. The number of aromatic nitrogens is 2. The largest absolute Gasteiger partial charge is 0.282 e. The van der Waals surface area contributed by atoms with Crippen LogP contribution < -0.4 is 5.56 Å². The van der Waals surface area contributed by atoms with Crippen molar-refractivity contribution in [3.05, 3.63) is 93.7 Å². The predicted octanol–water partition coefficient (Wildman–Crippen LogP) is 4.82. The summed E-state index contributed by atoms with van der Waals surface area (Å²) >= 11 is 3.44. The molecule has 4 aromatic rings. The average Bonchev–Trinajstić information content (AvgIpc) is 2.63. The van der Waals surface area contributed by atoms with Gasteiger partial charge in [-0.3, -0.25) is 9.36 Å². The average molecular weight is 377 g/mol. The molecule has 0 aliphatic carbocycles. The molecule has 4 rings (SSSR count). The fourth-order valence-electron chi connectivity index (χ4n) is 2.76. The van der Waals surface area contributed by atoms with Crippen LogP contribution in [0.3, 0.4) is 0 Å². The standard InChI is InChI=1S/C20H13BrN2O/c21-15-10-12-16(13-11-15)23-18-9-5-4-8-17(18)22-19(20(23)24)14-6-2-1-3-7-14/h1-13H. The maximum Gasteiger partial charge on any atom is 0.282 e. The molecule has 0 aliphatic rings. The van der Waals surface area contributed by atoms with Crippen LogP contribution in [-0.2, 0) is 0 Å². The van der Waals surface area contributed by atoms with Gasteiger partial charge in [-0.1, -0.05) is 58.4 Å². The summed E-state index contributed by atoms with van der Waals surface area (Å²) in [5.41, 5.74) is 3.56. The van der Waals surface area contributed by atoms with Crippen LogP contribution >= 0.6 is 15.9 Å². The number of fused-ring (bicyclic) bond motifs is 1. The lowest BCUT2D eigenvalue weighted by Gasteiger charge is -2.12. The topological polar surface area (TPSA) is 34.9 Å². The number of nitrogens with zero attached hydrogens (tertiary/aromatic N) is 2. The molecular formula is C20H13BrN2O. The molecule has 0 aliphatic heterocycles. The number of benzene rings is 3. The van der Waals surface area contributed by atoms with Crippen LogP contribution in [0, 0.1) is 0 Å². The molecule has 0 N–H and O–H groups in total. The van der Waals surface area contributed by atoms with Crippen LogP contribution in [0.4, 0.5) is 0 Å². The van der Waals surface area contributed by atoms with E-state index >= 15 is 0 Å². The number of hydrogen-bond acceptors (Lipinski definition) is 2. The third kappa shape index (κ3) is 2.55. The van der Waals surface area contributed by atoms with Crippen LogP contribution in [-0.4, -0.2) is 9.55 Å². The van der Waals surface area contributed by atoms with E-state index < -0.39 is 0 Å². The summed E-state index contributed by atoms with van der Waals surface area (Å²) in [5, 5.41) is 0. The summed E-state index contributed by atoms with van der Waals surface area (Å²) in [6, 6.07) is 25.0. The Labute approximate surface area is 147 Å². The highest BCUT2D eigenvalue weighted by molar-refractivity contribution is 9.10. The van der Waals surface area contributed by atoms with E-state index in [0.717, 1.165) is 26.8 Å². The molecule has 1 aromatic heterocycles. The Morgan fingerprint density at radius 2 is 1.46 bits per heavy atom. The summed E-state index contributed by atoms with van der Waals surface area (Å²) in [6.45, 7) is 0. The maximum atomic E-state index is 13.2. The zero-order chi connectivity index (χ0) is 16.5. The van der Waals surface area contributed by atoms with Gasteiger partial charge in [0.1, 0.15) is 5.69 Å². The first kappa shape index (κ1) is 14.8. The quantitative estimate of drug-likeness (QED) is 0.502. The van der Waals surface area contributed by atoms with Crippen molar-refractivity contribution < 1.29 is 0 Å². The van der Waals surface area contributed by atoms with Gasteiger partial charge in [0.15, 0.2) is 0 Å². The van der Waals surface area contributed by atoms with Gasteiger partial charge in [0.2, 0.25) is 0 Å². The molecule has 0 fully saturated rings. The van der Waals surface area contributed by atoms with Gasteiger partial charge in [0.05, 0.1) is 11.0 Å². The Kier molecular flexibility index (Phi) is 3.75. The third-order valence-corrected chi connectivity index (χ3v) is 4.42. The molecule has 3 aromatic carbocycles. The third-order valence-electron chi connectivity index (χ3n) is 3.89. The van der Waals surface area contributed by atoms with Gasteiger partial charge in [0, 0.05) is 15.7 Å². The Bertz CT molecular complexity index is 1070. The molecule has 116 valence electrons. The van der Waals surface area contributed by atoms with Crippen molar-refractivity contribution in [2.24, 2.45) is 0 Å². The van der Waals surface area contributed by atoms with E-state index in [1.165, 1.54) is 0 Å². The van der Waals surface area contributed by atoms with E-state index in [2.05, 4.69) is 20.9 Å². The van der Waals surface area contributed by atoms with Gasteiger partial charge in [-0.25, -0.2) is 4.98 Å². The molecule has 0 radical (unpaired) electrons. The Balaban J connectivity index is 2.09. The zero-order valence-electron chi connectivity index (χ0n) is 12.7. The SMILES string of the molecule is O=c1c(-c2ccccc2)nc2ccccc2n1-c1ccc(Br)cc1. The van der Waals surface area contributed by atoms with Crippen molar-refractivity contribution in [3.8, 4) is 16.9 Å². The molecule has 0 unspecified atom stereocenters. The highest BCUT2D eigenvalue weighted by Gasteiger charge is 2.13. The van der Waals surface area contributed by atoms with Gasteiger partial charge in [-0.2, -0.15) is 0 Å². The predicted molar refractivity (Wildman–Crippen MR) is 100 cm³/mol. The first-order valence-corrected chi connectivity index (χ1v) is 8.36. The fourth-order valence-corrected chi connectivity index (χ4v) is 3.03. The lowest BCUT2D eigenvalue weighted by atomic mass is 10.1. The highest BCUT2D eigenvalue weighted by atomic mass is 79.9. The Morgan fingerprint density at radius 1 is 0.792 bits per heavy atom. The smallest absolute Gasteiger partial charge is 0.273 e. The summed E-state index contributed by atoms with van der Waals surface area (Å²) in [4.78, 5) is 17.8. The minimum Gasteiger partial charge on any atom is -0.273 e. The molecule has 0 bridgehead atoms. The van der Waals surface area contributed by atoms with E-state index in [4.69, 9.17) is 0 Å². The van der Waals surface area contributed by atoms with Crippen LogP contribution in [0.25, 0.3) is 28.0 Å². The summed E-state index contributed by atoms with van der Waals surface area (Å²) in [5.74, 6) is 0. The van der Waals surface area contributed by atoms with Crippen LogP contribution in [0.5, 0.6) is 0 Å². The van der Waals surface area contributed by atoms with E-state index in [1.807, 2.05) is 78.9 Å². The number of halogens is 1. The molecule has 0 saturated carbocycles. The minimum atomic E-state index is -0.123. The van der Waals surface area contributed by atoms with Gasteiger partial charge in [-0.05, 0) is 36.4 Å². The molecule has 1 heterocycles. The Morgan fingerprint density at radius 3 is 2.21 bits per heavy atom. The molecule has 0 amide bonds. The van der Waals surface area contributed by atoms with Crippen molar-refractivity contribution in [3.63, 3.8) is 0 Å². The summed E-state index contributed by atoms with van der Waals surface area (Å²) in [7, 11) is 0. The normalized spacial score (nSPS) is 10.9. The van der Waals surface area contributed by atoms with Crippen molar-refractivity contribution in [1.29, 1.82) is 0 Å². The van der Waals surface area contributed by atoms with E-state index in [1.54, 1.807) is 4.57 Å². The summed E-state index contributed by atoms with van der Waals surface area (Å²) < 4.78 is 2.69. The maximum absolute atomic E-state index is 13.2. The van der Waals surface area contributed by atoms with Crippen molar-refractivity contribution in [2.75, 3.05) is 0 Å². The molecular weight excluding hydrogens is 364 g/mol. The molecule has 0 spiro atoms. The number of hydrogen-bond donors (Lipinski definition) is 0. The van der Waals surface area contributed by atoms with Crippen molar-refractivity contribution in [1.82, 2.24) is 9.55 Å². The minimum absolute atomic E-state index is 0.123. The van der Waals surface area contributed by atoms with Crippen LogP contribution in [0.15, 0.2) is 88.1 Å². The van der Waals surface area contributed by atoms with E-state index in [-0.39, 0.29) is 5.56 Å². The Hall–Kier alpha value is -2.72. The highest BCUT2D eigenvalue weighted by Crippen LogP contribution is 2.21. The molecule has 24 heavy (non-hydrogen) atoms. The van der Waals surface area contributed by atoms with Gasteiger partial charge < -0.3 is 0 Å². The van der Waals surface area contributed by atoms with Crippen LogP contribution in [0.2, 0.25) is 0 Å². The molecule has 4 heteroatoms. The summed E-state index contributed by atoms with van der Waals surface area (Å²) in [6.07, 6.45) is 0. The number of rotatable bonds is 2. The monoisotopic (exact) mass is 376 g/mol. The van der Waals surface area contributed by atoms with E-state index in [9.17, 15) is 4.79 Å². The van der Waals surface area contributed by atoms with Gasteiger partial charge >= 0.3 is 0 Å². The second-order valence-electron chi connectivity index (χ2n) is 5.43. The fraction of sp³-hybridized carbons (Fsp3) is 0. The zero-order valence-corrected chi connectivity index (χ0v) is 14.3. The van der Waals surface area contributed by atoms with Crippen molar-refractivity contribution in [2.45, 2.75) is 0 Å². The lowest BCUT2D eigenvalue weighted by molar-refractivity contribution is 1.02. The van der Waals surface area contributed by atoms with Gasteiger partial charge in [-0.15, -0.1) is 0 Å².